The summed E-state index contributed by atoms with van der Waals surface area (Å²) in [6, 6.07) is 7.94. The van der Waals surface area contributed by atoms with Crippen molar-refractivity contribution in [1.82, 2.24) is 4.98 Å². The van der Waals surface area contributed by atoms with E-state index in [1.807, 2.05) is 0 Å². The molecule has 0 aliphatic carbocycles. The number of anilines is 1. The van der Waals surface area contributed by atoms with Crippen LogP contribution in [0.5, 0.6) is 5.75 Å². The highest BCUT2D eigenvalue weighted by molar-refractivity contribution is 8.13. The lowest BCUT2D eigenvalue weighted by Gasteiger charge is -2.09. The number of benzene rings is 1. The number of nitrogens with one attached hydrogen (secondary N) is 1. The Morgan fingerprint density at radius 3 is 2.87 bits per heavy atom. The zero-order valence-electron chi connectivity index (χ0n) is 12.1. The number of ether oxygens (including phenoxy) is 1. The van der Waals surface area contributed by atoms with Crippen molar-refractivity contribution in [3.05, 3.63) is 47.1 Å². The number of nitrogens with zero attached hydrogens (tertiary/aromatic N) is 1. The number of thioether (sulfide) groups is 1. The molecule has 0 spiro atoms. The van der Waals surface area contributed by atoms with Gasteiger partial charge >= 0.3 is 5.97 Å². The van der Waals surface area contributed by atoms with Crippen LogP contribution in [-0.4, -0.2) is 34.8 Å². The van der Waals surface area contributed by atoms with Crippen LogP contribution in [0.2, 0.25) is 5.02 Å². The molecule has 0 aliphatic heterocycles. The second-order valence-corrected chi connectivity index (χ2v) is 5.79. The molecule has 6 nitrogen and oxygen atoms in total. The van der Waals surface area contributed by atoms with Gasteiger partial charge in [0.05, 0.1) is 29.9 Å². The molecule has 8 heteroatoms. The average Bonchev–Trinajstić information content (AvgIpc) is 2.54. The number of carboxylic acids is 1. The Bertz CT molecular complexity index is 739. The Morgan fingerprint density at radius 2 is 2.17 bits per heavy atom. The minimum atomic E-state index is -1.13. The molecule has 1 aromatic heterocycles. The zero-order valence-corrected chi connectivity index (χ0v) is 13.6. The molecule has 2 aromatic rings. The fourth-order valence-corrected chi connectivity index (χ4v) is 2.64. The number of pyridine rings is 1. The summed E-state index contributed by atoms with van der Waals surface area (Å²) in [7, 11) is 1.53. The lowest BCUT2D eigenvalue weighted by molar-refractivity contribution is -0.109. The van der Waals surface area contributed by atoms with Crippen molar-refractivity contribution in [2.24, 2.45) is 0 Å². The Kier molecular flexibility index (Phi) is 5.84. The molecular formula is C15H13ClN2O4S. The molecule has 0 bridgehead atoms. The average molecular weight is 353 g/mol. The van der Waals surface area contributed by atoms with Crippen molar-refractivity contribution >= 4 is 40.1 Å². The van der Waals surface area contributed by atoms with E-state index >= 15 is 0 Å². The Balaban J connectivity index is 2.02. The van der Waals surface area contributed by atoms with Crippen LogP contribution in [0.25, 0.3) is 0 Å². The SMILES string of the molecule is COc1ccc(Cl)c(NCC(=O)Sc2ncccc2C(=O)O)c1. The van der Waals surface area contributed by atoms with Crippen molar-refractivity contribution in [3.8, 4) is 5.75 Å². The van der Waals surface area contributed by atoms with Crippen LogP contribution in [0.4, 0.5) is 5.69 Å². The van der Waals surface area contributed by atoms with Gasteiger partial charge in [-0.25, -0.2) is 9.78 Å². The predicted molar refractivity (Wildman–Crippen MR) is 88.6 cm³/mol. The van der Waals surface area contributed by atoms with E-state index in [0.717, 1.165) is 11.8 Å². The summed E-state index contributed by atoms with van der Waals surface area (Å²) in [4.78, 5) is 27.0. The minimum Gasteiger partial charge on any atom is -0.497 e. The molecule has 0 unspecified atom stereocenters. The van der Waals surface area contributed by atoms with Crippen molar-refractivity contribution in [3.63, 3.8) is 0 Å². The van der Waals surface area contributed by atoms with Gasteiger partial charge in [-0.2, -0.15) is 0 Å². The molecule has 0 saturated carbocycles. The third-order valence-corrected chi connectivity index (χ3v) is 4.03. The zero-order chi connectivity index (χ0) is 16.8. The molecule has 1 heterocycles. The van der Waals surface area contributed by atoms with Crippen molar-refractivity contribution in [2.75, 3.05) is 19.0 Å². The topological polar surface area (TPSA) is 88.5 Å². The molecule has 120 valence electrons. The highest BCUT2D eigenvalue weighted by Crippen LogP contribution is 2.27. The number of aromatic carboxylic acids is 1. The summed E-state index contributed by atoms with van der Waals surface area (Å²) in [6.07, 6.45) is 1.44. The fraction of sp³-hybridized carbons (Fsp3) is 0.133. The number of aromatic nitrogens is 1. The summed E-state index contributed by atoms with van der Waals surface area (Å²) in [5.41, 5.74) is 0.546. The highest BCUT2D eigenvalue weighted by Gasteiger charge is 2.15. The highest BCUT2D eigenvalue weighted by atomic mass is 35.5. The van der Waals surface area contributed by atoms with Crippen molar-refractivity contribution in [1.29, 1.82) is 0 Å². The van der Waals surface area contributed by atoms with Crippen LogP contribution in [0.3, 0.4) is 0 Å². The number of methoxy groups -OCH3 is 1. The van der Waals surface area contributed by atoms with Crippen LogP contribution in [0.1, 0.15) is 10.4 Å². The number of hydrogen-bond donors (Lipinski definition) is 2. The maximum absolute atomic E-state index is 12.0. The first-order chi connectivity index (χ1) is 11.0. The first kappa shape index (κ1) is 17.1. The van der Waals surface area contributed by atoms with E-state index < -0.39 is 5.97 Å². The molecule has 0 aliphatic rings. The monoisotopic (exact) mass is 352 g/mol. The van der Waals surface area contributed by atoms with E-state index in [4.69, 9.17) is 21.4 Å². The normalized spacial score (nSPS) is 10.2. The summed E-state index contributed by atoms with van der Waals surface area (Å²) in [6.45, 7) is -0.0345. The molecule has 0 atom stereocenters. The van der Waals surface area contributed by atoms with E-state index in [0.29, 0.717) is 16.5 Å². The first-order valence-electron chi connectivity index (χ1n) is 6.47. The molecule has 1 aromatic carbocycles. The number of hydrogen-bond acceptors (Lipinski definition) is 6. The van der Waals surface area contributed by atoms with Crippen molar-refractivity contribution in [2.45, 2.75) is 5.03 Å². The van der Waals surface area contributed by atoms with Gasteiger partial charge in [0.25, 0.3) is 0 Å². The second kappa shape index (κ2) is 7.85. The third kappa shape index (κ3) is 4.61. The lowest BCUT2D eigenvalue weighted by atomic mass is 10.3. The number of carboxylic acid groups (broad SMARTS) is 1. The van der Waals surface area contributed by atoms with Crippen molar-refractivity contribution < 1.29 is 19.4 Å². The van der Waals surface area contributed by atoms with Crippen LogP contribution >= 0.6 is 23.4 Å². The van der Waals surface area contributed by atoms with E-state index in [1.54, 1.807) is 18.2 Å². The largest absolute Gasteiger partial charge is 0.497 e. The second-order valence-electron chi connectivity index (χ2n) is 4.33. The van der Waals surface area contributed by atoms with Crippen LogP contribution < -0.4 is 10.1 Å². The van der Waals surface area contributed by atoms with Gasteiger partial charge in [-0.05, 0) is 36.0 Å². The first-order valence-corrected chi connectivity index (χ1v) is 7.67. The van der Waals surface area contributed by atoms with Gasteiger partial charge in [0.15, 0.2) is 0 Å². The van der Waals surface area contributed by atoms with Gasteiger partial charge in [0, 0.05) is 12.3 Å². The molecular weight excluding hydrogens is 340 g/mol. The number of carbonyl (C=O) groups is 2. The van der Waals surface area contributed by atoms with Gasteiger partial charge in [-0.15, -0.1) is 0 Å². The summed E-state index contributed by atoms with van der Waals surface area (Å²) in [5.74, 6) is -0.521. The van der Waals surface area contributed by atoms with Gasteiger partial charge < -0.3 is 15.2 Å². The summed E-state index contributed by atoms with van der Waals surface area (Å²) >= 11 is 6.80. The quantitative estimate of drug-likeness (QED) is 0.772. The molecule has 0 saturated heterocycles. The maximum atomic E-state index is 12.0. The van der Waals surface area contributed by atoms with Crippen LogP contribution in [-0.2, 0) is 4.79 Å². The van der Waals surface area contributed by atoms with E-state index in [9.17, 15) is 9.59 Å². The Hall–Kier alpha value is -2.25. The van der Waals surface area contributed by atoms with Crippen LogP contribution in [0, 0.1) is 0 Å². The van der Waals surface area contributed by atoms with Gasteiger partial charge in [0.1, 0.15) is 10.8 Å². The van der Waals surface area contributed by atoms with E-state index in [1.165, 1.54) is 25.4 Å². The molecule has 0 radical (unpaired) electrons. The van der Waals surface area contributed by atoms with Crippen LogP contribution in [0.15, 0.2) is 41.6 Å². The standard InChI is InChI=1S/C15H13ClN2O4S/c1-22-9-4-5-11(16)12(7-9)18-8-13(19)23-14-10(15(20)21)3-2-6-17-14/h2-7,18H,8H2,1H3,(H,20,21). The van der Waals surface area contributed by atoms with Gasteiger partial charge in [0.2, 0.25) is 5.12 Å². The number of halogens is 1. The molecule has 23 heavy (non-hydrogen) atoms. The predicted octanol–water partition coefficient (Wildman–Crippen LogP) is 3.17. The number of rotatable bonds is 6. The Morgan fingerprint density at radius 1 is 1.39 bits per heavy atom. The molecule has 2 rings (SSSR count). The third-order valence-electron chi connectivity index (χ3n) is 2.81. The minimum absolute atomic E-state index is 0.00902. The fourth-order valence-electron chi connectivity index (χ4n) is 1.71. The number of carbonyl (C=O) groups excluding carboxylic acids is 1. The Labute approximate surface area is 141 Å². The summed E-state index contributed by atoms with van der Waals surface area (Å²) < 4.78 is 5.09. The maximum Gasteiger partial charge on any atom is 0.338 e. The smallest absolute Gasteiger partial charge is 0.338 e. The van der Waals surface area contributed by atoms with Gasteiger partial charge in [-0.1, -0.05) is 11.6 Å². The van der Waals surface area contributed by atoms with E-state index in [-0.39, 0.29) is 22.2 Å². The molecule has 2 N–H and O–H groups in total. The molecule has 0 fully saturated rings. The van der Waals surface area contributed by atoms with Gasteiger partial charge in [-0.3, -0.25) is 4.79 Å². The molecule has 0 amide bonds. The lowest BCUT2D eigenvalue weighted by Crippen LogP contribution is -2.12. The summed E-state index contributed by atoms with van der Waals surface area (Å²) in [5, 5.41) is 12.3. The van der Waals surface area contributed by atoms with E-state index in [2.05, 4.69) is 10.3 Å².